The molecule has 14 heavy (non-hydrogen) atoms. The maximum absolute atomic E-state index is 5.77. The second kappa shape index (κ2) is 2.23. The minimum absolute atomic E-state index is 0.648. The summed E-state index contributed by atoms with van der Waals surface area (Å²) in [5, 5.41) is 1.88. The number of hydrogen-bond acceptors (Lipinski definition) is 3. The summed E-state index contributed by atoms with van der Waals surface area (Å²) in [5.41, 5.74) is 14.6. The van der Waals surface area contributed by atoms with Gasteiger partial charge in [-0.25, -0.2) is 0 Å². The fourth-order valence-electron chi connectivity index (χ4n) is 1.68. The molecule has 0 saturated heterocycles. The van der Waals surface area contributed by atoms with Crippen molar-refractivity contribution >= 4 is 33.2 Å². The van der Waals surface area contributed by atoms with Gasteiger partial charge in [-0.3, -0.25) is 0 Å². The highest BCUT2D eigenvalue weighted by molar-refractivity contribution is 6.03. The van der Waals surface area contributed by atoms with Gasteiger partial charge in [-0.1, -0.05) is 0 Å². The number of fused-ring (bicyclic) bond motifs is 2. The van der Waals surface area contributed by atoms with Gasteiger partial charge in [0.1, 0.15) is 11.8 Å². The van der Waals surface area contributed by atoms with Gasteiger partial charge < -0.3 is 20.9 Å². The Morgan fingerprint density at radius 3 is 2.79 bits per heavy atom. The number of H-pyrrole nitrogens is 1. The second-order valence-corrected chi connectivity index (χ2v) is 3.33. The molecule has 0 aliphatic rings. The molecule has 3 aromatic rings. The largest absolute Gasteiger partial charge is 0.462 e. The van der Waals surface area contributed by atoms with Crippen LogP contribution < -0.4 is 11.5 Å². The van der Waals surface area contributed by atoms with Crippen LogP contribution in [0.5, 0.6) is 0 Å². The standard InChI is InChI=1S/C10H9N3O/c11-7-3-13-9-1-6-8(12)4-14-10(6)2-5(7)9/h1-4,13H,11-12H2. The summed E-state index contributed by atoms with van der Waals surface area (Å²) in [7, 11) is 0. The monoisotopic (exact) mass is 187 g/mol. The van der Waals surface area contributed by atoms with Gasteiger partial charge in [0.05, 0.1) is 11.4 Å². The first kappa shape index (κ1) is 7.32. The Balaban J connectivity index is 2.56. The fraction of sp³-hybridized carbons (Fsp3) is 0. The van der Waals surface area contributed by atoms with Crippen LogP contribution in [-0.4, -0.2) is 4.98 Å². The number of aromatic amines is 1. The molecule has 0 bridgehead atoms. The van der Waals surface area contributed by atoms with E-state index in [1.165, 1.54) is 0 Å². The molecule has 0 aliphatic carbocycles. The van der Waals surface area contributed by atoms with E-state index in [0.717, 1.165) is 27.6 Å². The van der Waals surface area contributed by atoms with Crippen molar-refractivity contribution in [3.8, 4) is 0 Å². The molecule has 0 unspecified atom stereocenters. The van der Waals surface area contributed by atoms with Crippen molar-refractivity contribution in [2.75, 3.05) is 11.5 Å². The molecule has 0 atom stereocenters. The molecule has 2 aromatic heterocycles. The summed E-state index contributed by atoms with van der Waals surface area (Å²) in [4.78, 5) is 3.07. The Morgan fingerprint density at radius 1 is 1.07 bits per heavy atom. The molecule has 5 N–H and O–H groups in total. The summed E-state index contributed by atoms with van der Waals surface area (Å²) >= 11 is 0. The molecule has 0 aliphatic heterocycles. The zero-order valence-electron chi connectivity index (χ0n) is 7.37. The molecule has 0 radical (unpaired) electrons. The van der Waals surface area contributed by atoms with Gasteiger partial charge in [0.25, 0.3) is 0 Å². The minimum Gasteiger partial charge on any atom is -0.462 e. The van der Waals surface area contributed by atoms with Crippen LogP contribution in [0.4, 0.5) is 11.4 Å². The number of anilines is 2. The van der Waals surface area contributed by atoms with Crippen molar-refractivity contribution in [3.05, 3.63) is 24.6 Å². The van der Waals surface area contributed by atoms with Crippen LogP contribution in [0.15, 0.2) is 29.0 Å². The molecular formula is C10H9N3O. The highest BCUT2D eigenvalue weighted by atomic mass is 16.3. The van der Waals surface area contributed by atoms with E-state index in [0.29, 0.717) is 5.69 Å². The minimum atomic E-state index is 0.648. The molecule has 0 saturated carbocycles. The molecular weight excluding hydrogens is 178 g/mol. The van der Waals surface area contributed by atoms with E-state index in [1.54, 1.807) is 12.5 Å². The summed E-state index contributed by atoms with van der Waals surface area (Å²) in [5.74, 6) is 0. The van der Waals surface area contributed by atoms with E-state index < -0.39 is 0 Å². The Morgan fingerprint density at radius 2 is 1.93 bits per heavy atom. The number of benzene rings is 1. The molecule has 3 rings (SSSR count). The van der Waals surface area contributed by atoms with Gasteiger partial charge >= 0.3 is 0 Å². The SMILES string of the molecule is Nc1c[nH]c2cc3c(N)coc3cc12. The van der Waals surface area contributed by atoms with Gasteiger partial charge in [0.2, 0.25) is 0 Å². The molecule has 0 fully saturated rings. The Hall–Kier alpha value is -2.10. The maximum Gasteiger partial charge on any atom is 0.136 e. The Kier molecular flexibility index (Phi) is 1.16. The first-order valence-corrected chi connectivity index (χ1v) is 4.29. The van der Waals surface area contributed by atoms with E-state index in [2.05, 4.69) is 4.98 Å². The number of nitrogens with two attached hydrogens (primary N) is 2. The molecule has 70 valence electrons. The lowest BCUT2D eigenvalue weighted by Crippen LogP contribution is -1.81. The summed E-state index contributed by atoms with van der Waals surface area (Å²) in [6.45, 7) is 0. The summed E-state index contributed by atoms with van der Waals surface area (Å²) in [6.07, 6.45) is 3.31. The van der Waals surface area contributed by atoms with E-state index in [-0.39, 0.29) is 0 Å². The van der Waals surface area contributed by atoms with Crippen molar-refractivity contribution in [1.82, 2.24) is 4.98 Å². The lowest BCUT2D eigenvalue weighted by atomic mass is 10.2. The topological polar surface area (TPSA) is 81.0 Å². The number of hydrogen-bond donors (Lipinski definition) is 3. The lowest BCUT2D eigenvalue weighted by molar-refractivity contribution is 0.618. The van der Waals surface area contributed by atoms with Gasteiger partial charge in [-0.15, -0.1) is 0 Å². The maximum atomic E-state index is 5.77. The molecule has 0 amide bonds. The summed E-state index contributed by atoms with van der Waals surface area (Å²) in [6, 6.07) is 3.84. The van der Waals surface area contributed by atoms with Crippen molar-refractivity contribution in [2.24, 2.45) is 0 Å². The fourth-order valence-corrected chi connectivity index (χ4v) is 1.68. The van der Waals surface area contributed by atoms with Gasteiger partial charge in [-0.05, 0) is 12.1 Å². The molecule has 0 spiro atoms. The van der Waals surface area contributed by atoms with Crippen LogP contribution in [0.1, 0.15) is 0 Å². The van der Waals surface area contributed by atoms with Crippen molar-refractivity contribution in [2.45, 2.75) is 0 Å². The molecule has 4 nitrogen and oxygen atoms in total. The lowest BCUT2D eigenvalue weighted by Gasteiger charge is -1.92. The molecule has 1 aromatic carbocycles. The van der Waals surface area contributed by atoms with E-state index >= 15 is 0 Å². The van der Waals surface area contributed by atoms with Crippen LogP contribution >= 0.6 is 0 Å². The third-order valence-electron chi connectivity index (χ3n) is 2.44. The third-order valence-corrected chi connectivity index (χ3v) is 2.44. The van der Waals surface area contributed by atoms with Crippen LogP contribution in [-0.2, 0) is 0 Å². The highest BCUT2D eigenvalue weighted by Crippen LogP contribution is 2.30. The van der Waals surface area contributed by atoms with E-state index in [4.69, 9.17) is 15.9 Å². The number of furan rings is 1. The van der Waals surface area contributed by atoms with Crippen LogP contribution in [0.25, 0.3) is 21.9 Å². The van der Waals surface area contributed by atoms with Crippen molar-refractivity contribution < 1.29 is 4.42 Å². The van der Waals surface area contributed by atoms with Crippen LogP contribution in [0.3, 0.4) is 0 Å². The third kappa shape index (κ3) is 0.771. The normalized spacial score (nSPS) is 11.4. The number of nitrogens with one attached hydrogen (secondary N) is 1. The number of rotatable bonds is 0. The van der Waals surface area contributed by atoms with Gasteiger partial charge in [0, 0.05) is 22.5 Å². The van der Waals surface area contributed by atoms with Crippen LogP contribution in [0.2, 0.25) is 0 Å². The molecule has 2 heterocycles. The predicted molar refractivity (Wildman–Crippen MR) is 56.9 cm³/mol. The van der Waals surface area contributed by atoms with Gasteiger partial charge in [-0.2, -0.15) is 0 Å². The first-order chi connectivity index (χ1) is 6.75. The quantitative estimate of drug-likeness (QED) is 0.504. The van der Waals surface area contributed by atoms with Crippen molar-refractivity contribution in [3.63, 3.8) is 0 Å². The number of nitrogen functional groups attached to an aromatic ring is 2. The van der Waals surface area contributed by atoms with E-state index in [9.17, 15) is 0 Å². The average Bonchev–Trinajstić information content (AvgIpc) is 2.71. The highest BCUT2D eigenvalue weighted by Gasteiger charge is 2.07. The first-order valence-electron chi connectivity index (χ1n) is 4.29. The Bertz CT molecular complexity index is 564. The number of aromatic nitrogens is 1. The van der Waals surface area contributed by atoms with Crippen LogP contribution in [0, 0.1) is 0 Å². The average molecular weight is 187 g/mol. The smallest absolute Gasteiger partial charge is 0.136 e. The second-order valence-electron chi connectivity index (χ2n) is 3.33. The van der Waals surface area contributed by atoms with Gasteiger partial charge in [0.15, 0.2) is 0 Å². The summed E-state index contributed by atoms with van der Waals surface area (Å²) < 4.78 is 5.29. The Labute approximate surface area is 79.5 Å². The van der Waals surface area contributed by atoms with Crippen molar-refractivity contribution in [1.29, 1.82) is 0 Å². The van der Waals surface area contributed by atoms with E-state index in [1.807, 2.05) is 12.1 Å². The zero-order chi connectivity index (χ0) is 9.71. The zero-order valence-corrected chi connectivity index (χ0v) is 7.37. The predicted octanol–water partition coefficient (Wildman–Crippen LogP) is 2.08. The molecule has 4 heteroatoms.